The fraction of sp³-hybridized carbons (Fsp3) is 0.167. The normalized spacial score (nSPS) is 10.3. The first-order valence-electron chi connectivity index (χ1n) is 5.55. The van der Waals surface area contributed by atoms with Crippen LogP contribution in [0, 0.1) is 5.82 Å². The third kappa shape index (κ3) is 3.39. The maximum Gasteiger partial charge on any atom is 0.239 e. The molecule has 0 saturated heterocycles. The van der Waals surface area contributed by atoms with Gasteiger partial charge in [0.15, 0.2) is 0 Å². The van der Waals surface area contributed by atoms with Gasteiger partial charge < -0.3 is 4.90 Å². The fourth-order valence-electron chi connectivity index (χ4n) is 1.63. The molecule has 2 rings (SSSR count). The Morgan fingerprint density at radius 2 is 2.05 bits per heavy atom. The molecule has 1 aromatic carbocycles. The van der Waals surface area contributed by atoms with Crippen molar-refractivity contribution in [3.63, 3.8) is 0 Å². The van der Waals surface area contributed by atoms with Crippen molar-refractivity contribution in [3.8, 4) is 0 Å². The zero-order valence-corrected chi connectivity index (χ0v) is 11.9. The minimum Gasteiger partial charge on any atom is -0.354 e. The van der Waals surface area contributed by atoms with E-state index in [0.717, 1.165) is 10.0 Å². The van der Waals surface area contributed by atoms with Gasteiger partial charge in [-0.05, 0) is 33.6 Å². The molecule has 0 aliphatic rings. The molecule has 0 radical (unpaired) electrons. The Morgan fingerprint density at radius 1 is 1.37 bits per heavy atom. The Kier molecular flexibility index (Phi) is 4.28. The van der Waals surface area contributed by atoms with E-state index in [1.807, 2.05) is 11.9 Å². The smallest absolute Gasteiger partial charge is 0.239 e. The molecule has 5 nitrogen and oxygen atoms in total. The number of hydrogen-bond acceptors (Lipinski definition) is 5. The van der Waals surface area contributed by atoms with E-state index in [-0.39, 0.29) is 5.82 Å². The molecule has 0 saturated carbocycles. The van der Waals surface area contributed by atoms with Crippen molar-refractivity contribution in [2.24, 2.45) is 5.84 Å². The minimum absolute atomic E-state index is 0.246. The average Bonchev–Trinajstić information content (AvgIpc) is 2.42. The van der Waals surface area contributed by atoms with Crippen LogP contribution >= 0.6 is 15.9 Å². The van der Waals surface area contributed by atoms with Crippen molar-refractivity contribution in [2.75, 3.05) is 17.4 Å². The highest BCUT2D eigenvalue weighted by molar-refractivity contribution is 9.10. The first-order chi connectivity index (χ1) is 9.10. The molecule has 7 heteroatoms. The van der Waals surface area contributed by atoms with Crippen LogP contribution in [0.4, 0.5) is 16.2 Å². The van der Waals surface area contributed by atoms with Gasteiger partial charge in [-0.25, -0.2) is 15.2 Å². The van der Waals surface area contributed by atoms with E-state index in [1.165, 1.54) is 12.1 Å². The first kappa shape index (κ1) is 13.7. The number of rotatable bonds is 4. The van der Waals surface area contributed by atoms with Gasteiger partial charge in [0.2, 0.25) is 5.95 Å². The number of nitrogens with one attached hydrogen (secondary N) is 1. The number of nitrogens with zero attached hydrogens (tertiary/aromatic N) is 3. The van der Waals surface area contributed by atoms with E-state index in [9.17, 15) is 4.39 Å². The molecule has 0 aliphatic carbocycles. The number of aromatic nitrogens is 2. The van der Waals surface area contributed by atoms with Crippen LogP contribution in [0.5, 0.6) is 0 Å². The molecule has 0 spiro atoms. The van der Waals surface area contributed by atoms with Crippen LogP contribution in [0.25, 0.3) is 0 Å². The second-order valence-corrected chi connectivity index (χ2v) is 4.85. The van der Waals surface area contributed by atoms with Crippen molar-refractivity contribution in [2.45, 2.75) is 6.54 Å². The van der Waals surface area contributed by atoms with Gasteiger partial charge in [-0.1, -0.05) is 12.1 Å². The van der Waals surface area contributed by atoms with Gasteiger partial charge in [0, 0.05) is 19.8 Å². The highest BCUT2D eigenvalue weighted by Gasteiger charge is 2.10. The molecule has 0 unspecified atom stereocenters. The van der Waals surface area contributed by atoms with Crippen LogP contribution in [-0.4, -0.2) is 17.0 Å². The van der Waals surface area contributed by atoms with Gasteiger partial charge in [0.05, 0.1) is 4.47 Å². The highest BCUT2D eigenvalue weighted by Crippen LogP contribution is 2.24. The van der Waals surface area contributed by atoms with Crippen molar-refractivity contribution in [1.29, 1.82) is 0 Å². The lowest BCUT2D eigenvalue weighted by atomic mass is 10.2. The molecule has 100 valence electrons. The Balaban J connectivity index is 2.19. The van der Waals surface area contributed by atoms with Crippen LogP contribution in [0.3, 0.4) is 0 Å². The summed E-state index contributed by atoms with van der Waals surface area (Å²) in [5.74, 6) is 6.08. The predicted molar refractivity (Wildman–Crippen MR) is 76.0 cm³/mol. The van der Waals surface area contributed by atoms with Crippen LogP contribution in [0.2, 0.25) is 0 Å². The van der Waals surface area contributed by atoms with Gasteiger partial charge in [-0.15, -0.1) is 0 Å². The summed E-state index contributed by atoms with van der Waals surface area (Å²) in [4.78, 5) is 10.2. The molecule has 0 fully saturated rings. The van der Waals surface area contributed by atoms with Gasteiger partial charge >= 0.3 is 0 Å². The Labute approximate surface area is 118 Å². The van der Waals surface area contributed by atoms with Gasteiger partial charge in [0.1, 0.15) is 11.6 Å². The average molecular weight is 326 g/mol. The fourth-order valence-corrected chi connectivity index (χ4v) is 2.13. The van der Waals surface area contributed by atoms with Crippen LogP contribution in [0.15, 0.2) is 34.9 Å². The Morgan fingerprint density at radius 3 is 2.68 bits per heavy atom. The number of hydrogen-bond donors (Lipinski definition) is 2. The molecule has 19 heavy (non-hydrogen) atoms. The summed E-state index contributed by atoms with van der Waals surface area (Å²) < 4.78 is 13.6. The standard InChI is InChI=1S/C12H13BrFN5/c1-19(7-8-2-4-9(14)5-3-8)11-10(13)6-16-12(17-11)18-15/h2-6H,7,15H2,1H3,(H,16,17,18). The van der Waals surface area contributed by atoms with E-state index in [0.29, 0.717) is 18.3 Å². The number of nitrogens with two attached hydrogens (primary N) is 1. The van der Waals surface area contributed by atoms with E-state index in [1.54, 1.807) is 18.3 Å². The molecule has 2 aromatic rings. The maximum absolute atomic E-state index is 12.8. The van der Waals surface area contributed by atoms with Gasteiger partial charge in [-0.2, -0.15) is 4.98 Å². The summed E-state index contributed by atoms with van der Waals surface area (Å²) in [6.45, 7) is 0.597. The largest absolute Gasteiger partial charge is 0.354 e. The summed E-state index contributed by atoms with van der Waals surface area (Å²) in [6.07, 6.45) is 1.62. The van der Waals surface area contributed by atoms with Gasteiger partial charge in [0.25, 0.3) is 0 Å². The second kappa shape index (κ2) is 5.94. The number of nitrogen functional groups attached to an aromatic ring is 1. The number of anilines is 2. The summed E-state index contributed by atoms with van der Waals surface area (Å²) in [7, 11) is 1.89. The zero-order chi connectivity index (χ0) is 13.8. The van der Waals surface area contributed by atoms with E-state index >= 15 is 0 Å². The summed E-state index contributed by atoms with van der Waals surface area (Å²) >= 11 is 3.39. The lowest BCUT2D eigenvalue weighted by Crippen LogP contribution is -2.20. The first-order valence-corrected chi connectivity index (χ1v) is 6.34. The molecular weight excluding hydrogens is 313 g/mol. The topological polar surface area (TPSA) is 67.1 Å². The van der Waals surface area contributed by atoms with Crippen LogP contribution < -0.4 is 16.2 Å². The molecule has 0 amide bonds. The van der Waals surface area contributed by atoms with E-state index in [2.05, 4.69) is 31.3 Å². The lowest BCUT2D eigenvalue weighted by Gasteiger charge is -2.19. The van der Waals surface area contributed by atoms with Crippen molar-refractivity contribution >= 4 is 27.7 Å². The van der Waals surface area contributed by atoms with Crippen LogP contribution in [0.1, 0.15) is 5.56 Å². The molecule has 1 heterocycles. The third-order valence-electron chi connectivity index (χ3n) is 2.55. The molecule has 0 atom stereocenters. The highest BCUT2D eigenvalue weighted by atomic mass is 79.9. The third-order valence-corrected chi connectivity index (χ3v) is 3.11. The summed E-state index contributed by atoms with van der Waals surface area (Å²) in [6, 6.07) is 6.35. The molecule has 3 N–H and O–H groups in total. The SMILES string of the molecule is CN(Cc1ccc(F)cc1)c1nc(NN)ncc1Br. The Bertz CT molecular complexity index is 561. The predicted octanol–water partition coefficient (Wildman–Crippen LogP) is 2.30. The summed E-state index contributed by atoms with van der Waals surface area (Å²) in [5.41, 5.74) is 3.38. The van der Waals surface area contributed by atoms with Gasteiger partial charge in [-0.3, -0.25) is 5.43 Å². The van der Waals surface area contributed by atoms with Crippen LogP contribution in [-0.2, 0) is 6.54 Å². The Hall–Kier alpha value is -1.73. The quantitative estimate of drug-likeness (QED) is 0.667. The molecule has 0 aliphatic heterocycles. The summed E-state index contributed by atoms with van der Waals surface area (Å²) in [5, 5.41) is 0. The lowest BCUT2D eigenvalue weighted by molar-refractivity contribution is 0.627. The van der Waals surface area contributed by atoms with Crippen molar-refractivity contribution in [3.05, 3.63) is 46.3 Å². The number of hydrazine groups is 1. The second-order valence-electron chi connectivity index (χ2n) is 3.99. The van der Waals surface area contributed by atoms with E-state index < -0.39 is 0 Å². The zero-order valence-electron chi connectivity index (χ0n) is 10.3. The molecule has 1 aromatic heterocycles. The maximum atomic E-state index is 12.8. The molecular formula is C12H13BrFN5. The number of halogens is 2. The number of benzene rings is 1. The molecule has 0 bridgehead atoms. The van der Waals surface area contributed by atoms with Crippen molar-refractivity contribution < 1.29 is 4.39 Å². The van der Waals surface area contributed by atoms with Crippen molar-refractivity contribution in [1.82, 2.24) is 9.97 Å². The monoisotopic (exact) mass is 325 g/mol. The minimum atomic E-state index is -0.246. The van der Waals surface area contributed by atoms with E-state index in [4.69, 9.17) is 5.84 Å².